The Kier molecular flexibility index (Phi) is 10.7. The van der Waals surface area contributed by atoms with Gasteiger partial charge in [-0.05, 0) is 105 Å². The maximum Gasteiger partial charge on any atom is 0.407 e. The number of carbonyl (C=O) groups is 4. The van der Waals surface area contributed by atoms with Crippen LogP contribution in [-0.2, 0) is 19.1 Å². The van der Waals surface area contributed by atoms with Crippen molar-refractivity contribution in [3.05, 3.63) is 87.6 Å². The molecule has 8 atom stereocenters. The van der Waals surface area contributed by atoms with Gasteiger partial charge in [-0.2, -0.15) is 0 Å². The first kappa shape index (κ1) is 44.8. The zero-order valence-electron chi connectivity index (χ0n) is 39.8. The van der Waals surface area contributed by atoms with Crippen LogP contribution in [0.15, 0.2) is 54.9 Å². The number of halogens is 1. The Labute approximate surface area is 402 Å². The van der Waals surface area contributed by atoms with Crippen LogP contribution in [0.25, 0.3) is 44.7 Å². The Morgan fingerprint density at radius 3 is 2.16 bits per heavy atom. The van der Waals surface area contributed by atoms with E-state index in [9.17, 15) is 19.2 Å². The Morgan fingerprint density at radius 1 is 0.855 bits per heavy atom. The van der Waals surface area contributed by atoms with Gasteiger partial charge in [-0.25, -0.2) is 23.9 Å². The number of piperidine rings is 1. The number of amides is 4. The van der Waals surface area contributed by atoms with Crippen LogP contribution in [0.2, 0.25) is 0 Å². The van der Waals surface area contributed by atoms with Crippen molar-refractivity contribution in [1.29, 1.82) is 0 Å². The highest BCUT2D eigenvalue weighted by Crippen LogP contribution is 2.82. The molecule has 69 heavy (non-hydrogen) atoms. The summed E-state index contributed by atoms with van der Waals surface area (Å²) in [5.74, 6) is 1.51. The summed E-state index contributed by atoms with van der Waals surface area (Å²) in [6.45, 7) is 12.3. The molecule has 11 rings (SSSR count). The molecule has 2 aliphatic carbocycles. The molecule has 360 valence electrons. The predicted octanol–water partition coefficient (Wildman–Crippen LogP) is 8.93. The summed E-state index contributed by atoms with van der Waals surface area (Å²) in [6.07, 6.45) is 4.80. The van der Waals surface area contributed by atoms with E-state index in [0.717, 1.165) is 56.7 Å². The summed E-state index contributed by atoms with van der Waals surface area (Å²) in [6, 6.07) is 11.5. The number of ether oxygens (including phenoxy) is 3. The molecule has 1 spiro atoms. The number of benzene rings is 2. The van der Waals surface area contributed by atoms with Gasteiger partial charge in [-0.15, -0.1) is 11.3 Å². The molecule has 18 heteroatoms. The molecule has 0 bridgehead atoms. The van der Waals surface area contributed by atoms with Crippen molar-refractivity contribution in [3.63, 3.8) is 0 Å². The third kappa shape index (κ3) is 7.18. The number of hydrogen-bond donors (Lipinski definition) is 4. The number of hydrogen-bond acceptors (Lipinski definition) is 10. The molecule has 2 saturated carbocycles. The Balaban J connectivity index is 0.909. The molecule has 4 N–H and O–H groups in total. The molecule has 0 radical (unpaired) electrons. The van der Waals surface area contributed by atoms with Crippen molar-refractivity contribution in [2.24, 2.45) is 23.7 Å². The lowest BCUT2D eigenvalue weighted by Gasteiger charge is -2.33. The number of aryl methyl sites for hydroxylation is 2. The van der Waals surface area contributed by atoms with E-state index < -0.39 is 36.3 Å². The Morgan fingerprint density at radius 2 is 1.52 bits per heavy atom. The van der Waals surface area contributed by atoms with E-state index in [2.05, 4.69) is 51.1 Å². The zero-order valence-corrected chi connectivity index (χ0v) is 40.6. The number of rotatable bonds is 11. The van der Waals surface area contributed by atoms with Gasteiger partial charge in [-0.3, -0.25) is 14.2 Å². The van der Waals surface area contributed by atoms with E-state index >= 15 is 4.39 Å². The number of thiophene rings is 1. The number of alkyl carbamates (subject to hydrolysis) is 2. The molecule has 3 aliphatic heterocycles. The van der Waals surface area contributed by atoms with Crippen LogP contribution in [0.3, 0.4) is 0 Å². The van der Waals surface area contributed by atoms with Crippen molar-refractivity contribution in [2.75, 3.05) is 20.8 Å². The largest absolute Gasteiger partial charge is 0.464 e. The number of aromatic amines is 2. The summed E-state index contributed by atoms with van der Waals surface area (Å²) < 4.78 is 35.5. The second-order valence-electron chi connectivity index (χ2n) is 20.0. The highest BCUT2D eigenvalue weighted by Gasteiger charge is 2.86. The summed E-state index contributed by atoms with van der Waals surface area (Å²) >= 11 is 1.65. The Bertz CT molecular complexity index is 3060. The van der Waals surface area contributed by atoms with Crippen LogP contribution in [0.1, 0.15) is 98.7 Å². The van der Waals surface area contributed by atoms with Gasteiger partial charge in [0.1, 0.15) is 35.3 Å². The van der Waals surface area contributed by atoms with Crippen molar-refractivity contribution < 1.29 is 37.8 Å². The number of aromatic nitrogens is 5. The molecule has 8 unspecified atom stereocenters. The van der Waals surface area contributed by atoms with Crippen molar-refractivity contribution >= 4 is 46.2 Å². The first-order valence-electron chi connectivity index (χ1n) is 23.8. The highest BCUT2D eigenvalue weighted by molar-refractivity contribution is 7.12. The van der Waals surface area contributed by atoms with Crippen LogP contribution in [0.4, 0.5) is 14.0 Å². The summed E-state index contributed by atoms with van der Waals surface area (Å²) in [7, 11) is 2.57. The standard InChI is InChI=1S/C51H56FN9O7S/c1-23(2)42(57-49(64)66-7)46(62)59-13-9-10-36(59)44-53-22-34(56-44)28-16-32(52)41-37-17-29-15-27(11-12-35(29)60(37)48(68-39(41)18-28)40-14-25(5)26(6)69-40)33-21-54-45(55-33)38-19-30-31-20-51(30,31)61(38)47(63)43(24(3)4)58-50(65)67-8/h11-12,14-18,21-24,30-31,36,38,42-43,48H,9-10,13,19-20H2,1-8H3,(H,53,56)(H,54,55)(H,57,64)(H,58,65). The van der Waals surface area contributed by atoms with E-state index in [1.807, 2.05) is 56.9 Å². The van der Waals surface area contributed by atoms with Gasteiger partial charge in [0.25, 0.3) is 0 Å². The summed E-state index contributed by atoms with van der Waals surface area (Å²) in [4.78, 5) is 74.9. The molecule has 6 aromatic rings. The molecule has 4 fully saturated rings. The monoisotopic (exact) mass is 957 g/mol. The molecule has 2 saturated heterocycles. The minimum atomic E-state index is -0.770. The van der Waals surface area contributed by atoms with Gasteiger partial charge in [0.15, 0.2) is 0 Å². The predicted molar refractivity (Wildman–Crippen MR) is 256 cm³/mol. The fourth-order valence-electron chi connectivity index (χ4n) is 11.4. The van der Waals surface area contributed by atoms with Crippen LogP contribution >= 0.6 is 11.3 Å². The lowest BCUT2D eigenvalue weighted by molar-refractivity contribution is -0.138. The van der Waals surface area contributed by atoms with Gasteiger partial charge in [-0.1, -0.05) is 33.8 Å². The maximum atomic E-state index is 16.9. The Hall–Kier alpha value is -6.69. The number of H-pyrrole nitrogens is 2. The van der Waals surface area contributed by atoms with E-state index in [1.54, 1.807) is 28.6 Å². The molecule has 4 amide bonds. The maximum absolute atomic E-state index is 16.9. The minimum Gasteiger partial charge on any atom is -0.464 e. The topological polar surface area (TPSA) is 189 Å². The normalized spacial score (nSPS) is 23.8. The van der Waals surface area contributed by atoms with Gasteiger partial charge in [0.2, 0.25) is 18.0 Å². The van der Waals surface area contributed by atoms with Crippen LogP contribution in [-0.4, -0.2) is 96.7 Å². The molecular formula is C51H56FN9O7S. The first-order chi connectivity index (χ1) is 33.1. The van der Waals surface area contributed by atoms with E-state index in [1.165, 1.54) is 20.3 Å². The quantitative estimate of drug-likeness (QED) is 0.0983. The van der Waals surface area contributed by atoms with E-state index in [-0.39, 0.29) is 41.3 Å². The molecule has 4 aromatic heterocycles. The fourth-order valence-corrected chi connectivity index (χ4v) is 12.5. The van der Waals surface area contributed by atoms with Crippen molar-refractivity contribution in [1.82, 2.24) is 44.9 Å². The fraction of sp³-hybridized carbons (Fsp3) is 0.451. The van der Waals surface area contributed by atoms with Gasteiger partial charge in [0, 0.05) is 27.9 Å². The minimum absolute atomic E-state index is 0.111. The summed E-state index contributed by atoms with van der Waals surface area (Å²) in [5, 5.41) is 6.35. The van der Waals surface area contributed by atoms with Crippen LogP contribution in [0.5, 0.6) is 5.75 Å². The van der Waals surface area contributed by atoms with Crippen molar-refractivity contribution in [2.45, 2.75) is 103 Å². The zero-order chi connectivity index (χ0) is 48.4. The second kappa shape index (κ2) is 16.5. The van der Waals surface area contributed by atoms with Gasteiger partial charge < -0.3 is 44.6 Å². The third-order valence-corrected chi connectivity index (χ3v) is 16.5. The molecule has 7 heterocycles. The highest BCUT2D eigenvalue weighted by atomic mass is 32.1. The first-order valence-corrected chi connectivity index (χ1v) is 24.6. The smallest absolute Gasteiger partial charge is 0.407 e. The average Bonchev–Trinajstić information content (AvgIpc) is 3.83. The van der Waals surface area contributed by atoms with Crippen LogP contribution < -0.4 is 15.4 Å². The lowest BCUT2D eigenvalue weighted by Crippen LogP contribution is -2.53. The number of fused-ring (bicyclic) bond motifs is 6. The molecular weight excluding hydrogens is 902 g/mol. The van der Waals surface area contributed by atoms with E-state index in [4.69, 9.17) is 24.2 Å². The number of nitrogens with one attached hydrogen (secondary N) is 4. The van der Waals surface area contributed by atoms with Crippen molar-refractivity contribution in [3.8, 4) is 39.5 Å². The number of carbonyl (C=O) groups excluding carboxylic acids is 4. The van der Waals surface area contributed by atoms with Gasteiger partial charge >= 0.3 is 12.2 Å². The molecule has 16 nitrogen and oxygen atoms in total. The number of methoxy groups -OCH3 is 2. The lowest BCUT2D eigenvalue weighted by atomic mass is 10.0. The van der Waals surface area contributed by atoms with Gasteiger partial charge in [0.05, 0.1) is 77.3 Å². The SMILES string of the molecule is COC(=O)NC(C(=O)N1CCCC1c1ncc(-c2cc(F)c3c(c2)OC(c2cc(C)c(C)s2)n2c-3cc3cc(-c4cnc(C5CC6C7CC67N5C(=O)C(NC(=O)OC)C(C)C)[nH]4)ccc32)[nH]1)C(C)C. The molecule has 2 aromatic carbocycles. The number of nitrogens with zero attached hydrogens (tertiary/aromatic N) is 5. The molecule has 5 aliphatic rings. The summed E-state index contributed by atoms with van der Waals surface area (Å²) in [5.41, 5.74) is 5.67. The average molecular weight is 958 g/mol. The van der Waals surface area contributed by atoms with Crippen LogP contribution in [0, 0.1) is 43.3 Å². The third-order valence-electron chi connectivity index (χ3n) is 15.3. The number of imidazole rings is 2. The second-order valence-corrected chi connectivity index (χ2v) is 21.3. The van der Waals surface area contributed by atoms with E-state index in [0.29, 0.717) is 64.7 Å². The number of likely N-dealkylation sites (tertiary alicyclic amines) is 2.